The summed E-state index contributed by atoms with van der Waals surface area (Å²) in [5.74, 6) is -1.84. The zero-order valence-electron chi connectivity index (χ0n) is 20.6. The van der Waals surface area contributed by atoms with Crippen LogP contribution in [0.15, 0.2) is 72.8 Å². The highest BCUT2D eigenvalue weighted by atomic mass is 32.1. The van der Waals surface area contributed by atoms with Gasteiger partial charge in [0.25, 0.3) is 0 Å². The summed E-state index contributed by atoms with van der Waals surface area (Å²) < 4.78 is 39.5. The number of carboxylic acids is 1. The first-order valence-electron chi connectivity index (χ1n) is 11.5. The summed E-state index contributed by atoms with van der Waals surface area (Å²) in [5, 5.41) is 19.6. The molecule has 0 fully saturated rings. The minimum absolute atomic E-state index is 0.0903. The minimum Gasteiger partial charge on any atom is -0.508 e. The van der Waals surface area contributed by atoms with Crippen molar-refractivity contribution in [3.05, 3.63) is 83.9 Å². The Labute approximate surface area is 190 Å². The normalized spacial score (nSPS) is 15.6. The molecular weight excluding hydrogens is 408 g/mol. The molecule has 0 aliphatic rings. The van der Waals surface area contributed by atoms with Crippen LogP contribution in [0.4, 0.5) is 0 Å². The molecule has 1 heterocycles. The fourth-order valence-electron chi connectivity index (χ4n) is 3.28. The fraction of sp³-hybridized carbons (Fsp3) is 0.115. The standard InChI is InChI=1S/C26H22O4S/c1-16(2)20-5-3-4-6-21(20)26-25(22-13-10-18(27)15-23(22)31-26)30-19-11-7-17(8-12-19)9-14-24(28)29/h3-16,27H,1-2H3,(H,28,29)/b14-9+/i1D3,16D. The SMILES string of the molecule is [2H]C([2H])([2H])C([2H])(C)c1ccccc1-c1sc2cc(O)ccc2c1Oc1ccc(/C=C/C(=O)O)cc1. The molecule has 1 atom stereocenters. The van der Waals surface area contributed by atoms with Gasteiger partial charge in [0, 0.05) is 21.6 Å². The van der Waals surface area contributed by atoms with E-state index >= 15 is 0 Å². The number of benzene rings is 3. The van der Waals surface area contributed by atoms with E-state index in [-0.39, 0.29) is 5.75 Å². The Bertz CT molecular complexity index is 1420. The number of aromatic hydroxyl groups is 1. The first-order chi connectivity index (χ1) is 16.5. The van der Waals surface area contributed by atoms with Gasteiger partial charge >= 0.3 is 5.97 Å². The number of carbonyl (C=O) groups is 1. The van der Waals surface area contributed by atoms with E-state index in [9.17, 15) is 9.90 Å². The summed E-state index contributed by atoms with van der Waals surface area (Å²) in [4.78, 5) is 11.4. The van der Waals surface area contributed by atoms with Gasteiger partial charge in [-0.3, -0.25) is 0 Å². The molecule has 4 rings (SSSR count). The summed E-state index contributed by atoms with van der Waals surface area (Å²) in [5.41, 5.74) is 1.60. The topological polar surface area (TPSA) is 66.8 Å². The molecule has 0 aliphatic heterocycles. The summed E-state index contributed by atoms with van der Waals surface area (Å²) in [7, 11) is 0. The molecule has 5 heteroatoms. The van der Waals surface area contributed by atoms with E-state index in [1.807, 2.05) is 0 Å². The van der Waals surface area contributed by atoms with Crippen LogP contribution < -0.4 is 4.74 Å². The van der Waals surface area contributed by atoms with Crippen molar-refractivity contribution in [2.45, 2.75) is 19.7 Å². The van der Waals surface area contributed by atoms with Gasteiger partial charge in [-0.1, -0.05) is 50.2 Å². The van der Waals surface area contributed by atoms with Gasteiger partial charge in [0.2, 0.25) is 0 Å². The third kappa shape index (κ3) is 4.47. The molecule has 3 aromatic carbocycles. The van der Waals surface area contributed by atoms with Crippen molar-refractivity contribution in [1.82, 2.24) is 0 Å². The van der Waals surface area contributed by atoms with E-state index in [4.69, 9.17) is 15.3 Å². The van der Waals surface area contributed by atoms with Gasteiger partial charge < -0.3 is 14.9 Å². The lowest BCUT2D eigenvalue weighted by atomic mass is 9.96. The second kappa shape index (κ2) is 8.66. The van der Waals surface area contributed by atoms with Crippen LogP contribution in [0.25, 0.3) is 26.6 Å². The first-order valence-corrected chi connectivity index (χ1v) is 10.3. The van der Waals surface area contributed by atoms with Crippen molar-refractivity contribution >= 4 is 33.5 Å². The smallest absolute Gasteiger partial charge is 0.328 e. The van der Waals surface area contributed by atoms with E-state index in [1.54, 1.807) is 66.7 Å². The van der Waals surface area contributed by atoms with Crippen molar-refractivity contribution in [1.29, 1.82) is 0 Å². The average Bonchev–Trinajstić information content (AvgIpc) is 3.15. The molecule has 2 N–H and O–H groups in total. The highest BCUT2D eigenvalue weighted by molar-refractivity contribution is 7.22. The predicted octanol–water partition coefficient (Wildman–Crippen LogP) is 7.29. The van der Waals surface area contributed by atoms with Crippen LogP contribution in [-0.2, 0) is 4.79 Å². The monoisotopic (exact) mass is 434 g/mol. The maximum Gasteiger partial charge on any atom is 0.328 e. The Balaban J connectivity index is 1.85. The lowest BCUT2D eigenvalue weighted by molar-refractivity contribution is -0.131. The average molecular weight is 435 g/mol. The van der Waals surface area contributed by atoms with Crippen molar-refractivity contribution in [2.24, 2.45) is 0 Å². The lowest BCUT2D eigenvalue weighted by Crippen LogP contribution is -1.92. The number of hydrogen-bond donors (Lipinski definition) is 2. The van der Waals surface area contributed by atoms with E-state index in [0.717, 1.165) is 16.2 Å². The van der Waals surface area contributed by atoms with Gasteiger partial charge in [-0.05, 0) is 59.0 Å². The molecule has 0 saturated carbocycles. The van der Waals surface area contributed by atoms with Crippen molar-refractivity contribution < 1.29 is 25.2 Å². The van der Waals surface area contributed by atoms with Gasteiger partial charge in [0.05, 0.1) is 4.88 Å². The molecule has 0 aliphatic carbocycles. The van der Waals surface area contributed by atoms with Crippen molar-refractivity contribution in [2.75, 3.05) is 0 Å². The van der Waals surface area contributed by atoms with Crippen LogP contribution >= 0.6 is 11.3 Å². The van der Waals surface area contributed by atoms with E-state index < -0.39 is 18.7 Å². The third-order valence-corrected chi connectivity index (χ3v) is 5.89. The van der Waals surface area contributed by atoms with Gasteiger partial charge in [0.1, 0.15) is 11.5 Å². The van der Waals surface area contributed by atoms with E-state index in [0.29, 0.717) is 33.1 Å². The predicted molar refractivity (Wildman–Crippen MR) is 126 cm³/mol. The molecule has 4 aromatic rings. The molecule has 156 valence electrons. The highest BCUT2D eigenvalue weighted by Gasteiger charge is 2.19. The molecule has 31 heavy (non-hydrogen) atoms. The summed E-state index contributed by atoms with van der Waals surface area (Å²) in [6.45, 7) is -1.18. The maximum absolute atomic E-state index is 10.8. The van der Waals surface area contributed by atoms with Gasteiger partial charge in [-0.2, -0.15) is 0 Å². The largest absolute Gasteiger partial charge is 0.508 e. The van der Waals surface area contributed by atoms with Crippen molar-refractivity contribution in [3.8, 4) is 27.7 Å². The van der Waals surface area contributed by atoms with Gasteiger partial charge in [-0.25, -0.2) is 4.79 Å². The number of aliphatic carboxylic acids is 1. The number of phenolic OH excluding ortho intramolecular Hbond substituents is 1. The van der Waals surface area contributed by atoms with Crippen LogP contribution in [0.1, 0.15) is 36.3 Å². The zero-order valence-corrected chi connectivity index (χ0v) is 17.4. The number of fused-ring (bicyclic) bond motifs is 1. The van der Waals surface area contributed by atoms with Crippen LogP contribution in [-0.4, -0.2) is 16.2 Å². The minimum atomic E-state index is -2.56. The summed E-state index contributed by atoms with van der Waals surface area (Å²) in [6, 6.07) is 18.7. The van der Waals surface area contributed by atoms with Crippen LogP contribution in [0.3, 0.4) is 0 Å². The number of rotatable bonds is 6. The van der Waals surface area contributed by atoms with Crippen LogP contribution in [0, 0.1) is 0 Å². The Kier molecular flexibility index (Phi) is 4.51. The van der Waals surface area contributed by atoms with E-state index in [2.05, 4.69) is 0 Å². The molecule has 1 aromatic heterocycles. The molecule has 0 amide bonds. The van der Waals surface area contributed by atoms with Gasteiger partial charge in [0.15, 0.2) is 5.75 Å². The Hall–Kier alpha value is -3.57. The molecule has 0 saturated heterocycles. The summed E-state index contributed by atoms with van der Waals surface area (Å²) >= 11 is 1.34. The number of hydrogen-bond acceptors (Lipinski definition) is 4. The quantitative estimate of drug-likeness (QED) is 0.313. The molecular formula is C26H22O4S. The Morgan fingerprint density at radius 1 is 1.16 bits per heavy atom. The summed E-state index contributed by atoms with van der Waals surface area (Å²) in [6.07, 6.45) is 2.52. The number of ether oxygens (including phenoxy) is 1. The Morgan fingerprint density at radius 3 is 2.68 bits per heavy atom. The molecule has 0 radical (unpaired) electrons. The zero-order chi connectivity index (χ0) is 25.4. The van der Waals surface area contributed by atoms with Crippen LogP contribution in [0.5, 0.6) is 17.2 Å². The Morgan fingerprint density at radius 2 is 1.94 bits per heavy atom. The molecule has 0 bridgehead atoms. The molecule has 0 spiro atoms. The molecule has 1 unspecified atom stereocenters. The van der Waals surface area contributed by atoms with E-state index in [1.165, 1.54) is 24.3 Å². The lowest BCUT2D eigenvalue weighted by Gasteiger charge is -2.14. The maximum atomic E-state index is 10.8. The fourth-order valence-corrected chi connectivity index (χ4v) is 4.48. The van der Waals surface area contributed by atoms with Crippen molar-refractivity contribution in [3.63, 3.8) is 0 Å². The number of carboxylic acid groups (broad SMARTS) is 1. The third-order valence-electron chi connectivity index (χ3n) is 4.72. The highest BCUT2D eigenvalue weighted by Crippen LogP contribution is 2.48. The first kappa shape index (κ1) is 16.2. The van der Waals surface area contributed by atoms with Crippen LogP contribution in [0.2, 0.25) is 0 Å². The number of phenols is 1. The number of thiophene rings is 1. The molecule has 4 nitrogen and oxygen atoms in total. The second-order valence-electron chi connectivity index (χ2n) is 6.95. The van der Waals surface area contributed by atoms with Gasteiger partial charge in [-0.15, -0.1) is 11.3 Å². The second-order valence-corrected chi connectivity index (χ2v) is 8.01.